The number of carbonyl (C=O) groups excluding carboxylic acids is 2. The van der Waals surface area contributed by atoms with Crippen LogP contribution in [0, 0.1) is 6.92 Å². The van der Waals surface area contributed by atoms with E-state index in [1.165, 1.54) is 0 Å². The summed E-state index contributed by atoms with van der Waals surface area (Å²) in [6.45, 7) is 4.79. The van der Waals surface area contributed by atoms with Gasteiger partial charge in [0.15, 0.2) is 0 Å². The average Bonchev–Trinajstić information content (AvgIpc) is 2.66. The van der Waals surface area contributed by atoms with Crippen molar-refractivity contribution in [2.45, 2.75) is 13.5 Å². The van der Waals surface area contributed by atoms with Gasteiger partial charge in [-0.2, -0.15) is 0 Å². The number of nitrogens with zero attached hydrogens (tertiary/aromatic N) is 5. The van der Waals surface area contributed by atoms with Gasteiger partial charge < -0.3 is 15.1 Å². The summed E-state index contributed by atoms with van der Waals surface area (Å²) < 4.78 is 0. The summed E-state index contributed by atoms with van der Waals surface area (Å²) in [5, 5.41) is 2.85. The molecule has 0 radical (unpaired) electrons. The molecule has 8 nitrogen and oxygen atoms in total. The summed E-state index contributed by atoms with van der Waals surface area (Å²) in [5.74, 6) is 0.277. The van der Waals surface area contributed by atoms with E-state index < -0.39 is 0 Å². The van der Waals surface area contributed by atoms with Crippen molar-refractivity contribution in [2.75, 3.05) is 31.1 Å². The van der Waals surface area contributed by atoms with E-state index >= 15 is 0 Å². The molecular weight excluding hydrogens is 320 g/mol. The molecule has 1 saturated heterocycles. The molecule has 1 fully saturated rings. The first-order valence-electron chi connectivity index (χ1n) is 8.13. The van der Waals surface area contributed by atoms with Crippen LogP contribution in [0.25, 0.3) is 0 Å². The minimum atomic E-state index is -0.248. The Kier molecular flexibility index (Phi) is 5.17. The molecule has 0 aliphatic carbocycles. The molecule has 0 saturated carbocycles. The van der Waals surface area contributed by atoms with Gasteiger partial charge in [0.2, 0.25) is 12.4 Å². The van der Waals surface area contributed by atoms with E-state index in [1.54, 1.807) is 23.4 Å². The smallest absolute Gasteiger partial charge is 0.270 e. The molecule has 25 heavy (non-hydrogen) atoms. The Labute approximate surface area is 145 Å². The SMILES string of the molecule is Cc1cc(C(=O)NCc2cccnc2)nc(N2CCN(C=O)CC2)n1. The second kappa shape index (κ2) is 7.69. The van der Waals surface area contributed by atoms with Gasteiger partial charge in [-0.25, -0.2) is 9.97 Å². The second-order valence-electron chi connectivity index (χ2n) is 5.87. The van der Waals surface area contributed by atoms with Crippen molar-refractivity contribution >= 4 is 18.3 Å². The Morgan fingerprint density at radius 3 is 2.76 bits per heavy atom. The van der Waals surface area contributed by atoms with Gasteiger partial charge in [0.05, 0.1) is 0 Å². The normalized spacial score (nSPS) is 14.3. The highest BCUT2D eigenvalue weighted by Gasteiger charge is 2.19. The summed E-state index contributed by atoms with van der Waals surface area (Å²) >= 11 is 0. The highest BCUT2D eigenvalue weighted by Crippen LogP contribution is 2.13. The first kappa shape index (κ1) is 16.8. The third-order valence-electron chi connectivity index (χ3n) is 4.00. The fourth-order valence-electron chi connectivity index (χ4n) is 2.61. The van der Waals surface area contributed by atoms with Crippen LogP contribution in [0.15, 0.2) is 30.6 Å². The molecular formula is C17H20N6O2. The predicted octanol–water partition coefficient (Wildman–Crippen LogP) is 0.388. The molecule has 8 heteroatoms. The third kappa shape index (κ3) is 4.28. The Bertz CT molecular complexity index is 744. The molecule has 130 valence electrons. The molecule has 2 amide bonds. The summed E-state index contributed by atoms with van der Waals surface area (Å²) in [5.41, 5.74) is 1.99. The maximum Gasteiger partial charge on any atom is 0.270 e. The van der Waals surface area contributed by atoms with Crippen molar-refractivity contribution in [3.05, 3.63) is 47.5 Å². The van der Waals surface area contributed by atoms with Crippen LogP contribution in [0.2, 0.25) is 0 Å². The minimum absolute atomic E-state index is 0.248. The average molecular weight is 340 g/mol. The maximum absolute atomic E-state index is 12.4. The first-order valence-corrected chi connectivity index (χ1v) is 8.13. The summed E-state index contributed by atoms with van der Waals surface area (Å²) in [7, 11) is 0. The van der Waals surface area contributed by atoms with Crippen molar-refractivity contribution < 1.29 is 9.59 Å². The Balaban J connectivity index is 1.68. The van der Waals surface area contributed by atoms with Crippen molar-refractivity contribution in [3.8, 4) is 0 Å². The van der Waals surface area contributed by atoms with Gasteiger partial charge in [0.25, 0.3) is 5.91 Å². The first-order chi connectivity index (χ1) is 12.2. The van der Waals surface area contributed by atoms with Gasteiger partial charge in [-0.15, -0.1) is 0 Å². The Hall–Kier alpha value is -3.03. The second-order valence-corrected chi connectivity index (χ2v) is 5.87. The van der Waals surface area contributed by atoms with Crippen molar-refractivity contribution in [1.29, 1.82) is 0 Å². The lowest BCUT2D eigenvalue weighted by Crippen LogP contribution is -2.46. The van der Waals surface area contributed by atoms with Crippen LogP contribution in [0.3, 0.4) is 0 Å². The fourth-order valence-corrected chi connectivity index (χ4v) is 2.61. The maximum atomic E-state index is 12.4. The number of amides is 2. The topological polar surface area (TPSA) is 91.3 Å². The molecule has 0 bridgehead atoms. The molecule has 2 aromatic heterocycles. The van der Waals surface area contributed by atoms with Crippen LogP contribution in [0.4, 0.5) is 5.95 Å². The number of aromatic nitrogens is 3. The van der Waals surface area contributed by atoms with Crippen LogP contribution in [0.5, 0.6) is 0 Å². The van der Waals surface area contributed by atoms with Gasteiger partial charge in [-0.3, -0.25) is 14.6 Å². The predicted molar refractivity (Wildman–Crippen MR) is 92.0 cm³/mol. The number of piperazine rings is 1. The van der Waals surface area contributed by atoms with Crippen molar-refractivity contribution in [2.24, 2.45) is 0 Å². The van der Waals surface area contributed by atoms with E-state index in [2.05, 4.69) is 20.3 Å². The molecule has 0 atom stereocenters. The van der Waals surface area contributed by atoms with Gasteiger partial charge in [-0.1, -0.05) is 6.07 Å². The van der Waals surface area contributed by atoms with E-state index in [4.69, 9.17) is 0 Å². The van der Waals surface area contributed by atoms with E-state index in [-0.39, 0.29) is 5.91 Å². The van der Waals surface area contributed by atoms with Crippen molar-refractivity contribution in [1.82, 2.24) is 25.2 Å². The number of nitrogens with one attached hydrogen (secondary N) is 1. The molecule has 1 aliphatic rings. The van der Waals surface area contributed by atoms with E-state index in [9.17, 15) is 9.59 Å². The lowest BCUT2D eigenvalue weighted by Gasteiger charge is -2.32. The lowest BCUT2D eigenvalue weighted by atomic mass is 10.2. The molecule has 1 N–H and O–H groups in total. The van der Waals surface area contributed by atoms with Crippen LogP contribution < -0.4 is 10.2 Å². The number of aryl methyl sites for hydroxylation is 1. The molecule has 0 unspecified atom stereocenters. The lowest BCUT2D eigenvalue weighted by molar-refractivity contribution is -0.118. The molecule has 3 heterocycles. The number of hydrogen-bond acceptors (Lipinski definition) is 6. The number of rotatable bonds is 5. The van der Waals surface area contributed by atoms with Gasteiger partial charge in [0, 0.05) is 50.8 Å². The van der Waals surface area contributed by atoms with Crippen LogP contribution >= 0.6 is 0 Å². The molecule has 0 spiro atoms. The van der Waals surface area contributed by atoms with Crippen LogP contribution in [-0.4, -0.2) is 58.3 Å². The van der Waals surface area contributed by atoms with E-state index in [0.717, 1.165) is 17.7 Å². The third-order valence-corrected chi connectivity index (χ3v) is 4.00. The van der Waals surface area contributed by atoms with Crippen LogP contribution in [-0.2, 0) is 11.3 Å². The summed E-state index contributed by atoms with van der Waals surface area (Å²) in [6.07, 6.45) is 4.25. The zero-order valence-electron chi connectivity index (χ0n) is 14.1. The zero-order valence-corrected chi connectivity index (χ0v) is 14.1. The quantitative estimate of drug-likeness (QED) is 0.792. The van der Waals surface area contributed by atoms with Crippen LogP contribution in [0.1, 0.15) is 21.7 Å². The number of pyridine rings is 1. The fraction of sp³-hybridized carbons (Fsp3) is 0.353. The van der Waals surface area contributed by atoms with Crippen molar-refractivity contribution in [3.63, 3.8) is 0 Å². The number of carbonyl (C=O) groups is 2. The molecule has 1 aliphatic heterocycles. The Morgan fingerprint density at radius 1 is 1.28 bits per heavy atom. The minimum Gasteiger partial charge on any atom is -0.347 e. The molecule has 0 aromatic carbocycles. The number of hydrogen-bond donors (Lipinski definition) is 1. The molecule has 2 aromatic rings. The van der Waals surface area contributed by atoms with Gasteiger partial charge in [-0.05, 0) is 24.6 Å². The molecule has 3 rings (SSSR count). The zero-order chi connectivity index (χ0) is 17.6. The summed E-state index contributed by atoms with van der Waals surface area (Å²) in [4.78, 5) is 39.8. The highest BCUT2D eigenvalue weighted by atomic mass is 16.2. The van der Waals surface area contributed by atoms with Gasteiger partial charge >= 0.3 is 0 Å². The van der Waals surface area contributed by atoms with Gasteiger partial charge in [0.1, 0.15) is 5.69 Å². The summed E-state index contributed by atoms with van der Waals surface area (Å²) in [6, 6.07) is 5.40. The largest absolute Gasteiger partial charge is 0.347 e. The van der Waals surface area contributed by atoms with E-state index in [0.29, 0.717) is 44.4 Å². The highest BCUT2D eigenvalue weighted by molar-refractivity contribution is 5.92. The number of anilines is 1. The standard InChI is InChI=1S/C17H20N6O2/c1-13-9-15(16(25)19-11-14-3-2-4-18-10-14)21-17(20-13)23-7-5-22(12-24)6-8-23/h2-4,9-10,12H,5-8,11H2,1H3,(H,19,25). The van der Waals surface area contributed by atoms with E-state index in [1.807, 2.05) is 24.0 Å². The Morgan fingerprint density at radius 2 is 2.08 bits per heavy atom. The monoisotopic (exact) mass is 340 g/mol.